The van der Waals surface area contributed by atoms with Gasteiger partial charge in [0.2, 0.25) is 0 Å². The summed E-state index contributed by atoms with van der Waals surface area (Å²) in [6, 6.07) is 1.34. The number of carbonyl (C=O) groups is 1. The first-order valence-corrected chi connectivity index (χ1v) is 6.34. The maximum atomic E-state index is 11.6. The van der Waals surface area contributed by atoms with Crippen LogP contribution in [0.5, 0.6) is 0 Å². The molecule has 2 rings (SSSR count). The number of nitrogens with zero attached hydrogens (tertiary/aromatic N) is 3. The van der Waals surface area contributed by atoms with Crippen LogP contribution >= 0.6 is 11.8 Å². The molecule has 0 unspecified atom stereocenters. The summed E-state index contributed by atoms with van der Waals surface area (Å²) in [6.45, 7) is 3.70. The van der Waals surface area contributed by atoms with Crippen molar-refractivity contribution in [3.8, 4) is 0 Å². The van der Waals surface area contributed by atoms with Gasteiger partial charge >= 0.3 is 11.7 Å². The van der Waals surface area contributed by atoms with E-state index in [1.165, 1.54) is 23.0 Å². The molecule has 0 radical (unpaired) electrons. The Hall–Kier alpha value is -2.09. The molecule has 2 aromatic rings. The van der Waals surface area contributed by atoms with E-state index in [4.69, 9.17) is 5.11 Å². The van der Waals surface area contributed by atoms with E-state index in [1.807, 2.05) is 13.8 Å². The molecule has 0 atom stereocenters. The first-order chi connectivity index (χ1) is 9.00. The van der Waals surface area contributed by atoms with E-state index < -0.39 is 5.97 Å². The monoisotopic (exact) mass is 280 g/mol. The van der Waals surface area contributed by atoms with Crippen molar-refractivity contribution in [2.45, 2.75) is 29.9 Å². The third kappa shape index (κ3) is 2.68. The Kier molecular flexibility index (Phi) is 3.70. The Balaban J connectivity index is 2.43. The highest BCUT2D eigenvalue weighted by molar-refractivity contribution is 7.99. The summed E-state index contributed by atoms with van der Waals surface area (Å²) in [6.07, 6.45) is 2.85. The molecule has 8 heteroatoms. The fourth-order valence-electron chi connectivity index (χ4n) is 1.55. The highest BCUT2D eigenvalue weighted by Crippen LogP contribution is 2.28. The lowest BCUT2D eigenvalue weighted by Crippen LogP contribution is -2.19. The molecule has 0 aliphatic heterocycles. The molecule has 0 saturated heterocycles. The molecule has 7 nitrogen and oxygen atoms in total. The molecule has 0 spiro atoms. The lowest BCUT2D eigenvalue weighted by molar-refractivity contribution is 0.0693. The molecule has 0 aliphatic rings. The van der Waals surface area contributed by atoms with Crippen LogP contribution in [0, 0.1) is 0 Å². The number of carboxylic acid groups (broad SMARTS) is 1. The Morgan fingerprint density at radius 1 is 1.53 bits per heavy atom. The number of H-pyrrole nitrogens is 1. The molecular weight excluding hydrogens is 268 g/mol. The number of hydrogen-bond donors (Lipinski definition) is 2. The van der Waals surface area contributed by atoms with Crippen molar-refractivity contribution in [1.82, 2.24) is 19.7 Å². The van der Waals surface area contributed by atoms with Crippen LogP contribution in [0.4, 0.5) is 0 Å². The highest BCUT2D eigenvalue weighted by Gasteiger charge is 2.16. The van der Waals surface area contributed by atoms with Gasteiger partial charge in [-0.1, -0.05) is 0 Å². The van der Waals surface area contributed by atoms with Crippen molar-refractivity contribution in [3.05, 3.63) is 34.5 Å². The second kappa shape index (κ2) is 5.27. The third-order valence-electron chi connectivity index (χ3n) is 2.40. The molecule has 2 aromatic heterocycles. The van der Waals surface area contributed by atoms with Crippen molar-refractivity contribution in [3.63, 3.8) is 0 Å². The Labute approximate surface area is 112 Å². The minimum absolute atomic E-state index is 0.0706. The van der Waals surface area contributed by atoms with Gasteiger partial charge in [-0.2, -0.15) is 0 Å². The fourth-order valence-corrected chi connectivity index (χ4v) is 2.61. The van der Waals surface area contributed by atoms with Gasteiger partial charge in [0, 0.05) is 23.3 Å². The largest absolute Gasteiger partial charge is 0.478 e. The molecule has 0 bridgehead atoms. The Bertz CT molecular complexity index is 662. The maximum absolute atomic E-state index is 11.6. The second-order valence-corrected chi connectivity index (χ2v) is 5.06. The van der Waals surface area contributed by atoms with Gasteiger partial charge in [-0.25, -0.2) is 14.7 Å². The first-order valence-electron chi connectivity index (χ1n) is 5.52. The van der Waals surface area contributed by atoms with Gasteiger partial charge in [0.05, 0.1) is 5.56 Å². The zero-order valence-electron chi connectivity index (χ0n) is 10.3. The van der Waals surface area contributed by atoms with Crippen LogP contribution in [0.3, 0.4) is 0 Å². The standard InChI is InChI=1S/C11H12N4O3S/c1-6(2)15-10(18)13-14-11(15)19-8-5-12-4-3-7(8)9(16)17/h3-6H,1-2H3,(H,13,18)(H,16,17). The van der Waals surface area contributed by atoms with Gasteiger partial charge in [0.25, 0.3) is 0 Å². The third-order valence-corrected chi connectivity index (χ3v) is 3.42. The Morgan fingerprint density at radius 3 is 2.89 bits per heavy atom. The number of aromatic amines is 1. The highest BCUT2D eigenvalue weighted by atomic mass is 32.2. The minimum Gasteiger partial charge on any atom is -0.478 e. The predicted octanol–water partition coefficient (Wildman–Crippen LogP) is 1.40. The summed E-state index contributed by atoms with van der Waals surface area (Å²) in [5.41, 5.74) is -0.191. The van der Waals surface area contributed by atoms with Crippen LogP contribution in [0.2, 0.25) is 0 Å². The molecule has 0 aromatic carbocycles. The van der Waals surface area contributed by atoms with Crippen molar-refractivity contribution in [2.24, 2.45) is 0 Å². The van der Waals surface area contributed by atoms with E-state index >= 15 is 0 Å². The number of carboxylic acids is 1. The minimum atomic E-state index is -1.04. The second-order valence-electron chi connectivity index (χ2n) is 4.05. The van der Waals surface area contributed by atoms with E-state index in [9.17, 15) is 9.59 Å². The van der Waals surface area contributed by atoms with E-state index in [-0.39, 0.29) is 17.3 Å². The van der Waals surface area contributed by atoms with Crippen molar-refractivity contribution < 1.29 is 9.90 Å². The van der Waals surface area contributed by atoms with Crippen molar-refractivity contribution in [1.29, 1.82) is 0 Å². The normalized spacial score (nSPS) is 10.9. The number of pyridine rings is 1. The van der Waals surface area contributed by atoms with Crippen molar-refractivity contribution in [2.75, 3.05) is 0 Å². The van der Waals surface area contributed by atoms with Gasteiger partial charge in [0.15, 0.2) is 5.16 Å². The molecule has 100 valence electrons. The molecule has 2 N–H and O–H groups in total. The van der Waals surface area contributed by atoms with Gasteiger partial charge in [0.1, 0.15) is 0 Å². The lowest BCUT2D eigenvalue weighted by atomic mass is 10.3. The SMILES string of the molecule is CC(C)n1c(Sc2cnccc2C(=O)O)n[nH]c1=O. The van der Waals surface area contributed by atoms with E-state index in [0.29, 0.717) is 10.1 Å². The van der Waals surface area contributed by atoms with Crippen molar-refractivity contribution >= 4 is 17.7 Å². The summed E-state index contributed by atoms with van der Waals surface area (Å²) in [7, 11) is 0. The predicted molar refractivity (Wildman–Crippen MR) is 68.6 cm³/mol. The maximum Gasteiger partial charge on any atom is 0.344 e. The first kappa shape index (κ1) is 13.3. The summed E-state index contributed by atoms with van der Waals surface area (Å²) in [5, 5.41) is 15.8. The quantitative estimate of drug-likeness (QED) is 0.877. The number of aromatic carboxylic acids is 1. The van der Waals surface area contributed by atoms with E-state index in [0.717, 1.165) is 11.8 Å². The summed E-state index contributed by atoms with van der Waals surface area (Å²) >= 11 is 1.10. The molecule has 0 fully saturated rings. The lowest BCUT2D eigenvalue weighted by Gasteiger charge is -2.09. The van der Waals surface area contributed by atoms with Crippen LogP contribution in [0.25, 0.3) is 0 Å². The van der Waals surface area contributed by atoms with E-state index in [1.54, 1.807) is 0 Å². The van der Waals surface area contributed by atoms with Crippen LogP contribution in [-0.4, -0.2) is 30.8 Å². The number of hydrogen-bond acceptors (Lipinski definition) is 5. The van der Waals surface area contributed by atoms with Gasteiger partial charge in [-0.05, 0) is 31.7 Å². The summed E-state index contributed by atoms with van der Waals surface area (Å²) in [5.74, 6) is -1.04. The Morgan fingerprint density at radius 2 is 2.26 bits per heavy atom. The fraction of sp³-hybridized carbons (Fsp3) is 0.273. The van der Waals surface area contributed by atoms with Crippen LogP contribution in [0.1, 0.15) is 30.2 Å². The topological polar surface area (TPSA) is 101 Å². The summed E-state index contributed by atoms with van der Waals surface area (Å²) < 4.78 is 1.46. The molecule has 0 saturated carbocycles. The van der Waals surface area contributed by atoms with Gasteiger partial charge in [-0.15, -0.1) is 5.10 Å². The average molecular weight is 280 g/mol. The van der Waals surface area contributed by atoms with Gasteiger partial charge in [-0.3, -0.25) is 9.55 Å². The van der Waals surface area contributed by atoms with E-state index in [2.05, 4.69) is 15.2 Å². The number of aromatic nitrogens is 4. The van der Waals surface area contributed by atoms with Gasteiger partial charge < -0.3 is 5.11 Å². The molecule has 19 heavy (non-hydrogen) atoms. The smallest absolute Gasteiger partial charge is 0.344 e. The van der Waals surface area contributed by atoms with Crippen LogP contribution in [0.15, 0.2) is 33.3 Å². The molecule has 2 heterocycles. The summed E-state index contributed by atoms with van der Waals surface area (Å²) in [4.78, 5) is 27.0. The average Bonchev–Trinajstić information content (AvgIpc) is 2.71. The van der Waals surface area contributed by atoms with Crippen LogP contribution in [-0.2, 0) is 0 Å². The van der Waals surface area contributed by atoms with Crippen LogP contribution < -0.4 is 5.69 Å². The molecule has 0 aliphatic carbocycles. The zero-order chi connectivity index (χ0) is 14.0. The zero-order valence-corrected chi connectivity index (χ0v) is 11.1. The molecular formula is C11H12N4O3S. The molecule has 0 amide bonds. The number of nitrogens with one attached hydrogen (secondary N) is 1. The number of rotatable bonds is 4.